The van der Waals surface area contributed by atoms with Crippen LogP contribution in [0.15, 0.2) is 170 Å². The van der Waals surface area contributed by atoms with Crippen molar-refractivity contribution >= 4 is 58.6 Å². The lowest BCUT2D eigenvalue weighted by molar-refractivity contribution is 0.0260. The van der Waals surface area contributed by atoms with E-state index in [4.69, 9.17) is 18.9 Å². The Labute approximate surface area is 537 Å². The molecular weight excluding hydrogens is 1160 g/mol. The van der Waals surface area contributed by atoms with Gasteiger partial charge in [-0.3, -0.25) is 48.2 Å². The molecular formula is C76H76N4O12. The molecule has 0 aromatic heterocycles. The highest BCUT2D eigenvalue weighted by Gasteiger charge is 2.46. The Morgan fingerprint density at radius 3 is 1.18 bits per heavy atom. The van der Waals surface area contributed by atoms with Crippen molar-refractivity contribution in [2.75, 3.05) is 30.5 Å². The minimum atomic E-state index is -0.478. The molecule has 4 heterocycles. The Kier molecular flexibility index (Phi) is 18.0. The number of nitrogens with zero attached hydrogens (tertiary/aromatic N) is 4. The zero-order valence-corrected chi connectivity index (χ0v) is 50.8. The van der Waals surface area contributed by atoms with Gasteiger partial charge in [-0.05, 0) is 188 Å². The molecule has 0 radical (unpaired) electrons. The average Bonchev–Trinajstić information content (AvgIpc) is 1.59. The van der Waals surface area contributed by atoms with Crippen LogP contribution in [0.25, 0.3) is 0 Å². The predicted molar refractivity (Wildman–Crippen MR) is 354 cm³/mol. The summed E-state index contributed by atoms with van der Waals surface area (Å²) >= 11 is 0. The molecule has 472 valence electrons. The third kappa shape index (κ3) is 12.2. The van der Waals surface area contributed by atoms with Crippen LogP contribution in [0.5, 0.6) is 40.2 Å². The summed E-state index contributed by atoms with van der Waals surface area (Å²) in [4.78, 5) is 109. The second-order valence-corrected chi connectivity index (χ2v) is 25.3. The van der Waals surface area contributed by atoms with E-state index in [9.17, 15) is 38.4 Å². The van der Waals surface area contributed by atoms with Crippen LogP contribution in [0.3, 0.4) is 0 Å². The maximum atomic E-state index is 13.7. The lowest BCUT2D eigenvalue weighted by Gasteiger charge is -2.47. The SMILES string of the molecule is C.C.C.COc1ccc(C(C)(C)c2ccc(Oc3ccc(N4C(=O)c5ccc(Oc6ccc7c(c6)C(=O)N(CC6(C)CC(C)CC(C)(C)C6)C7=O)cc5C4=O)cc3)cc2)cc1.Cc1ccc(N2C(=O)c3ccc(Oc4ccc5c(c4)C(=O)N(C)C5=O)cc3C2=O)cc1. The molecule has 16 heteroatoms. The van der Waals surface area contributed by atoms with E-state index in [2.05, 4.69) is 53.7 Å². The van der Waals surface area contributed by atoms with Crippen molar-refractivity contribution in [1.82, 2.24) is 9.80 Å². The number of anilines is 2. The van der Waals surface area contributed by atoms with E-state index in [1.165, 1.54) is 36.2 Å². The monoisotopic (exact) mass is 1240 g/mol. The van der Waals surface area contributed by atoms with Crippen LogP contribution >= 0.6 is 0 Å². The van der Waals surface area contributed by atoms with Gasteiger partial charge in [-0.2, -0.15) is 0 Å². The van der Waals surface area contributed by atoms with E-state index in [0.29, 0.717) is 80.6 Å². The number of benzene rings is 8. The summed E-state index contributed by atoms with van der Waals surface area (Å²) in [5.41, 5.74) is 6.21. The van der Waals surface area contributed by atoms with Gasteiger partial charge in [0.15, 0.2) is 0 Å². The van der Waals surface area contributed by atoms with E-state index in [1.807, 2.05) is 55.5 Å². The maximum Gasteiger partial charge on any atom is 0.266 e. The van der Waals surface area contributed by atoms with Gasteiger partial charge in [-0.1, -0.05) is 106 Å². The van der Waals surface area contributed by atoms with Gasteiger partial charge in [0, 0.05) is 19.0 Å². The number of rotatable bonds is 13. The molecule has 1 saturated carbocycles. The van der Waals surface area contributed by atoms with Gasteiger partial charge in [-0.25, -0.2) is 9.80 Å². The number of hydrogen-bond acceptors (Lipinski definition) is 12. The van der Waals surface area contributed by atoms with Crippen LogP contribution in [-0.2, 0) is 5.41 Å². The van der Waals surface area contributed by atoms with Gasteiger partial charge in [0.05, 0.1) is 63.0 Å². The summed E-state index contributed by atoms with van der Waals surface area (Å²) in [6, 6.07) is 48.8. The first-order chi connectivity index (χ1) is 42.4. The first-order valence-corrected chi connectivity index (χ1v) is 29.4. The fourth-order valence-corrected chi connectivity index (χ4v) is 13.5. The lowest BCUT2D eigenvalue weighted by atomic mass is 9.61. The molecule has 0 N–H and O–H groups in total. The summed E-state index contributed by atoms with van der Waals surface area (Å²) < 4.78 is 23.4. The number of imide groups is 4. The van der Waals surface area contributed by atoms with Crippen LogP contribution in [0.4, 0.5) is 11.4 Å². The molecule has 0 saturated heterocycles. The number of aryl methyl sites for hydroxylation is 1. The molecule has 8 aromatic carbocycles. The van der Waals surface area contributed by atoms with Crippen LogP contribution in [0.2, 0.25) is 0 Å². The first kappa shape index (κ1) is 66.0. The van der Waals surface area contributed by atoms with Crippen molar-refractivity contribution in [1.29, 1.82) is 0 Å². The third-order valence-corrected chi connectivity index (χ3v) is 17.4. The topological polar surface area (TPSA) is 186 Å². The highest BCUT2D eigenvalue weighted by Crippen LogP contribution is 2.50. The standard InChI is InChI=1S/C49H48N2O7.C24H16N2O5.3CH4/c1-30-26-47(2,3)28-49(6,27-30)29-50-43(52)39-22-20-37(24-41(39)44(50)53)58-38-21-23-40-42(25-38)46(55)51(45(40)54)33-12-18-36(19-13-33)57-35-16-10-32(11-17-35)48(4,5)31-8-14-34(56-7)15-9-31;1-13-3-5-14(6-4-13)26-23(29)18-10-8-16(12-20(18)24(26)30)31-15-7-9-17-19(11-15)22(28)25(2)21(17)27;;;/h8-25,30H,26-29H2,1-7H3;3-12H,1-2H3;3*1H4. The number of amides is 8. The van der Waals surface area contributed by atoms with Gasteiger partial charge in [0.2, 0.25) is 0 Å². The number of ether oxygens (including phenoxy) is 4. The van der Waals surface area contributed by atoms with Gasteiger partial charge in [0.1, 0.15) is 40.2 Å². The van der Waals surface area contributed by atoms with E-state index >= 15 is 0 Å². The first-order valence-electron chi connectivity index (χ1n) is 29.4. The van der Waals surface area contributed by atoms with Gasteiger partial charge in [0.25, 0.3) is 47.3 Å². The Morgan fingerprint density at radius 1 is 0.424 bits per heavy atom. The van der Waals surface area contributed by atoms with Crippen molar-refractivity contribution in [3.8, 4) is 40.2 Å². The summed E-state index contributed by atoms with van der Waals surface area (Å²) in [7, 11) is 3.08. The predicted octanol–water partition coefficient (Wildman–Crippen LogP) is 16.6. The van der Waals surface area contributed by atoms with Gasteiger partial charge in [-0.15, -0.1) is 0 Å². The van der Waals surface area contributed by atoms with Crippen molar-refractivity contribution in [2.45, 2.75) is 95.4 Å². The zero-order chi connectivity index (χ0) is 63.0. The quantitative estimate of drug-likeness (QED) is 0.0996. The normalized spacial score (nSPS) is 17.6. The molecule has 2 unspecified atom stereocenters. The number of fused-ring (bicyclic) bond motifs is 4. The molecule has 0 bridgehead atoms. The van der Waals surface area contributed by atoms with Crippen molar-refractivity contribution in [3.63, 3.8) is 0 Å². The van der Waals surface area contributed by atoms with Gasteiger partial charge < -0.3 is 18.9 Å². The van der Waals surface area contributed by atoms with Crippen LogP contribution in [0, 0.1) is 23.7 Å². The van der Waals surface area contributed by atoms with Crippen molar-refractivity contribution in [3.05, 3.63) is 231 Å². The summed E-state index contributed by atoms with van der Waals surface area (Å²) in [5.74, 6) is 0.786. The third-order valence-electron chi connectivity index (χ3n) is 17.4. The van der Waals surface area contributed by atoms with Crippen LogP contribution < -0.4 is 28.7 Å². The molecule has 0 spiro atoms. The summed E-state index contributed by atoms with van der Waals surface area (Å²) in [5, 5.41) is 0. The van der Waals surface area contributed by atoms with Gasteiger partial charge >= 0.3 is 0 Å². The number of hydrogen-bond donors (Lipinski definition) is 0. The molecule has 8 aromatic rings. The van der Waals surface area contributed by atoms with Crippen molar-refractivity contribution in [2.24, 2.45) is 16.7 Å². The number of methoxy groups -OCH3 is 1. The zero-order valence-electron chi connectivity index (χ0n) is 50.8. The molecule has 1 aliphatic carbocycles. The Balaban J connectivity index is 0.000000249. The molecule has 5 aliphatic rings. The van der Waals surface area contributed by atoms with Crippen LogP contribution in [0.1, 0.15) is 183 Å². The molecule has 4 aliphatic heterocycles. The highest BCUT2D eigenvalue weighted by atomic mass is 16.5. The average molecular weight is 1240 g/mol. The molecule has 1 fully saturated rings. The largest absolute Gasteiger partial charge is 0.497 e. The molecule has 92 heavy (non-hydrogen) atoms. The van der Waals surface area contributed by atoms with Crippen LogP contribution in [-0.4, -0.2) is 77.8 Å². The Bertz CT molecular complexity index is 4290. The minimum Gasteiger partial charge on any atom is -0.497 e. The second-order valence-electron chi connectivity index (χ2n) is 25.3. The van der Waals surface area contributed by atoms with E-state index in [0.717, 1.165) is 56.4 Å². The van der Waals surface area contributed by atoms with E-state index in [-0.39, 0.29) is 84.4 Å². The minimum absolute atomic E-state index is 0. The molecule has 13 rings (SSSR count). The molecule has 2 atom stereocenters. The number of carbonyl (C=O) groups is 8. The highest BCUT2D eigenvalue weighted by molar-refractivity contribution is 6.35. The second kappa shape index (κ2) is 25.1. The molecule has 8 amide bonds. The smallest absolute Gasteiger partial charge is 0.266 e. The number of carbonyl (C=O) groups excluding carboxylic acids is 8. The van der Waals surface area contributed by atoms with E-state index in [1.54, 1.807) is 92.0 Å². The lowest BCUT2D eigenvalue weighted by Crippen LogP contribution is -2.45. The fourth-order valence-electron chi connectivity index (χ4n) is 13.5. The van der Waals surface area contributed by atoms with Crippen molar-refractivity contribution < 1.29 is 57.3 Å². The molecule has 16 nitrogen and oxygen atoms in total. The fraction of sp³-hybridized carbons (Fsp3) is 0.263. The maximum absolute atomic E-state index is 13.7. The Hall–Kier alpha value is -10.5. The Morgan fingerprint density at radius 2 is 0.750 bits per heavy atom. The van der Waals surface area contributed by atoms with E-state index < -0.39 is 23.6 Å². The summed E-state index contributed by atoms with van der Waals surface area (Å²) in [6.45, 7) is 15.6. The summed E-state index contributed by atoms with van der Waals surface area (Å²) in [6.07, 6.45) is 3.01.